The van der Waals surface area contributed by atoms with Gasteiger partial charge in [-0.2, -0.15) is 0 Å². The zero-order chi connectivity index (χ0) is 22.4. The van der Waals surface area contributed by atoms with Gasteiger partial charge in [0, 0.05) is 22.8 Å². The van der Waals surface area contributed by atoms with Gasteiger partial charge in [0.25, 0.3) is 0 Å². The van der Waals surface area contributed by atoms with E-state index in [1.807, 2.05) is 31.2 Å². The molecule has 0 atom stereocenters. The Morgan fingerprint density at radius 3 is 2.45 bits per heavy atom. The van der Waals surface area contributed by atoms with Crippen LogP contribution in [0.1, 0.15) is 28.4 Å². The minimum Gasteiger partial charge on any atom is -0.490 e. The first kappa shape index (κ1) is 23.1. The highest BCUT2D eigenvalue weighted by Crippen LogP contribution is 2.38. The summed E-state index contributed by atoms with van der Waals surface area (Å²) in [6, 6.07) is 15.8. The molecule has 8 heteroatoms. The normalized spacial score (nSPS) is 10.6. The lowest BCUT2D eigenvalue weighted by atomic mass is 10.1. The van der Waals surface area contributed by atoms with Gasteiger partial charge in [0.2, 0.25) is 0 Å². The van der Waals surface area contributed by atoms with Crippen LogP contribution in [0.3, 0.4) is 0 Å². The van der Waals surface area contributed by atoms with Crippen molar-refractivity contribution in [2.45, 2.75) is 20.1 Å². The number of nitrogens with one attached hydrogen (secondary N) is 1. The molecule has 0 heterocycles. The maximum atomic E-state index is 11.3. The summed E-state index contributed by atoms with van der Waals surface area (Å²) in [5, 5.41) is 13.6. The van der Waals surface area contributed by atoms with Gasteiger partial charge in [0.05, 0.1) is 22.2 Å². The van der Waals surface area contributed by atoms with E-state index in [0.717, 1.165) is 11.1 Å². The van der Waals surface area contributed by atoms with E-state index in [-0.39, 0.29) is 17.2 Å². The average Bonchev–Trinajstić information content (AvgIpc) is 2.73. The Morgan fingerprint density at radius 2 is 1.74 bits per heavy atom. The Hall–Kier alpha value is -2.60. The number of hydrogen-bond acceptors (Lipinski definition) is 4. The van der Waals surface area contributed by atoms with E-state index in [9.17, 15) is 9.90 Å². The lowest BCUT2D eigenvalue weighted by Crippen LogP contribution is -2.05. The second-order valence-electron chi connectivity index (χ2n) is 6.57. The molecule has 0 radical (unpaired) electrons. The van der Waals surface area contributed by atoms with E-state index in [1.54, 1.807) is 18.2 Å². The molecule has 0 spiro atoms. The molecule has 2 N–H and O–H groups in total. The Labute approximate surface area is 195 Å². The minimum absolute atomic E-state index is 0.0306. The third kappa shape index (κ3) is 5.97. The molecule has 0 aromatic heterocycles. The van der Waals surface area contributed by atoms with Crippen LogP contribution in [0.5, 0.6) is 11.5 Å². The van der Waals surface area contributed by atoms with Crippen LogP contribution in [0.2, 0.25) is 15.1 Å². The summed E-state index contributed by atoms with van der Waals surface area (Å²) in [5.41, 5.74) is 2.33. The fourth-order valence-electron chi connectivity index (χ4n) is 2.90. The number of rotatable bonds is 9. The van der Waals surface area contributed by atoms with Gasteiger partial charge in [0.1, 0.15) is 6.61 Å². The predicted molar refractivity (Wildman–Crippen MR) is 124 cm³/mol. The quantitative estimate of drug-likeness (QED) is 0.347. The van der Waals surface area contributed by atoms with Gasteiger partial charge in [0.15, 0.2) is 11.5 Å². The van der Waals surface area contributed by atoms with Gasteiger partial charge >= 0.3 is 5.97 Å². The third-order valence-corrected chi connectivity index (χ3v) is 5.37. The van der Waals surface area contributed by atoms with E-state index in [1.165, 1.54) is 12.1 Å². The number of halogens is 3. The van der Waals surface area contributed by atoms with Crippen LogP contribution in [0.4, 0.5) is 5.69 Å². The number of carboxylic acid groups (broad SMARTS) is 1. The molecule has 0 saturated carbocycles. The molecule has 3 rings (SSSR count). The van der Waals surface area contributed by atoms with Gasteiger partial charge < -0.3 is 19.9 Å². The van der Waals surface area contributed by atoms with Gasteiger partial charge in [-0.1, -0.05) is 53.0 Å². The second-order valence-corrected chi connectivity index (χ2v) is 7.79. The van der Waals surface area contributed by atoms with Crippen molar-refractivity contribution in [2.24, 2.45) is 0 Å². The molecule has 0 unspecified atom stereocenters. The zero-order valence-corrected chi connectivity index (χ0v) is 18.9. The first-order valence-electron chi connectivity index (χ1n) is 9.47. The van der Waals surface area contributed by atoms with Crippen molar-refractivity contribution in [3.05, 3.63) is 86.4 Å². The van der Waals surface area contributed by atoms with E-state index in [2.05, 4.69) is 5.32 Å². The van der Waals surface area contributed by atoms with Gasteiger partial charge in [-0.25, -0.2) is 4.79 Å². The molecule has 0 saturated heterocycles. The average molecular weight is 481 g/mol. The number of anilines is 1. The fourth-order valence-corrected chi connectivity index (χ4v) is 3.57. The van der Waals surface area contributed by atoms with Crippen molar-refractivity contribution in [1.82, 2.24) is 0 Å². The van der Waals surface area contributed by atoms with Crippen molar-refractivity contribution >= 4 is 46.5 Å². The molecule has 0 aliphatic carbocycles. The first-order valence-corrected chi connectivity index (χ1v) is 10.6. The summed E-state index contributed by atoms with van der Waals surface area (Å²) in [5.74, 6) is -0.136. The van der Waals surface area contributed by atoms with Crippen LogP contribution in [-0.4, -0.2) is 17.7 Å². The van der Waals surface area contributed by atoms with Crippen LogP contribution in [0.15, 0.2) is 54.6 Å². The maximum absolute atomic E-state index is 11.3. The summed E-state index contributed by atoms with van der Waals surface area (Å²) in [6.45, 7) is 2.96. The molecule has 0 amide bonds. The van der Waals surface area contributed by atoms with Crippen molar-refractivity contribution in [3.8, 4) is 11.5 Å². The highest BCUT2D eigenvalue weighted by Gasteiger charge is 2.14. The summed E-state index contributed by atoms with van der Waals surface area (Å²) in [4.78, 5) is 11.3. The molecule has 3 aromatic rings. The number of hydrogen-bond donors (Lipinski definition) is 2. The summed E-state index contributed by atoms with van der Waals surface area (Å²) < 4.78 is 11.6. The summed E-state index contributed by atoms with van der Waals surface area (Å²) in [7, 11) is 0. The summed E-state index contributed by atoms with van der Waals surface area (Å²) in [6.07, 6.45) is 0. The fraction of sp³-hybridized carbons (Fsp3) is 0.174. The second kappa shape index (κ2) is 10.6. The maximum Gasteiger partial charge on any atom is 0.337 e. The van der Waals surface area contributed by atoms with E-state index >= 15 is 0 Å². The van der Waals surface area contributed by atoms with Crippen molar-refractivity contribution < 1.29 is 19.4 Å². The minimum atomic E-state index is -1.09. The van der Waals surface area contributed by atoms with Crippen LogP contribution in [0.25, 0.3) is 0 Å². The van der Waals surface area contributed by atoms with Crippen LogP contribution in [0, 0.1) is 0 Å². The molecule has 162 valence electrons. The highest BCUT2D eigenvalue weighted by molar-refractivity contribution is 6.33. The number of aromatic carboxylic acids is 1. The Kier molecular flexibility index (Phi) is 7.91. The van der Waals surface area contributed by atoms with E-state index in [4.69, 9.17) is 44.3 Å². The van der Waals surface area contributed by atoms with Crippen molar-refractivity contribution in [2.75, 3.05) is 11.9 Å². The monoisotopic (exact) mass is 479 g/mol. The third-order valence-electron chi connectivity index (χ3n) is 4.39. The van der Waals surface area contributed by atoms with Gasteiger partial charge in [-0.3, -0.25) is 0 Å². The number of ether oxygens (including phenoxy) is 2. The lowest BCUT2D eigenvalue weighted by Gasteiger charge is -2.16. The number of carbonyl (C=O) groups is 1. The molecule has 31 heavy (non-hydrogen) atoms. The lowest BCUT2D eigenvalue weighted by molar-refractivity contribution is 0.0697. The summed E-state index contributed by atoms with van der Waals surface area (Å²) >= 11 is 18.6. The van der Waals surface area contributed by atoms with Crippen molar-refractivity contribution in [1.29, 1.82) is 0 Å². The van der Waals surface area contributed by atoms with E-state index < -0.39 is 5.97 Å². The first-order chi connectivity index (χ1) is 14.9. The number of carboxylic acids is 1. The molecular weight excluding hydrogens is 461 g/mol. The smallest absolute Gasteiger partial charge is 0.337 e. The van der Waals surface area contributed by atoms with E-state index in [0.29, 0.717) is 40.4 Å². The van der Waals surface area contributed by atoms with Crippen molar-refractivity contribution in [3.63, 3.8) is 0 Å². The van der Waals surface area contributed by atoms with Gasteiger partial charge in [-0.15, -0.1) is 0 Å². The van der Waals surface area contributed by atoms with Crippen LogP contribution >= 0.6 is 34.8 Å². The largest absolute Gasteiger partial charge is 0.490 e. The highest BCUT2D eigenvalue weighted by atomic mass is 35.5. The molecule has 0 aliphatic heterocycles. The Balaban J connectivity index is 1.77. The molecule has 0 fully saturated rings. The zero-order valence-electron chi connectivity index (χ0n) is 16.6. The topological polar surface area (TPSA) is 67.8 Å². The molecular formula is C23H20Cl3NO4. The SMILES string of the molecule is CCOc1cc(CNc2ccc(Cl)c(C(=O)O)c2)cc(Cl)c1OCc1ccccc1Cl. The molecule has 5 nitrogen and oxygen atoms in total. The predicted octanol–water partition coefficient (Wildman–Crippen LogP) is 6.93. The molecule has 3 aromatic carbocycles. The number of benzene rings is 3. The molecule has 0 aliphatic rings. The van der Waals surface area contributed by atoms with Gasteiger partial charge in [-0.05, 0) is 48.9 Å². The molecule has 0 bridgehead atoms. The van der Waals surface area contributed by atoms with Crippen LogP contribution in [-0.2, 0) is 13.2 Å². The standard InChI is InChI=1S/C23H20Cl3NO4/c1-2-30-21-10-14(12-27-16-7-8-19(25)17(11-16)23(28)29)9-20(26)22(21)31-13-15-5-3-4-6-18(15)24/h3-11,27H,2,12-13H2,1H3,(H,28,29). The van der Waals surface area contributed by atoms with Crippen LogP contribution < -0.4 is 14.8 Å². The Morgan fingerprint density at radius 1 is 0.968 bits per heavy atom. The Bertz CT molecular complexity index is 1090.